The normalized spacial score (nSPS) is 11.8. The number of carbonyl (C=O) groups excluding carboxylic acids is 2. The van der Waals surface area contributed by atoms with Gasteiger partial charge in [0.2, 0.25) is 6.79 Å². The molecule has 1 aromatic carbocycles. The Labute approximate surface area is 124 Å². The first-order valence-electron chi connectivity index (χ1n) is 6.32. The summed E-state index contributed by atoms with van der Waals surface area (Å²) in [5, 5.41) is 10.9. The summed E-state index contributed by atoms with van der Waals surface area (Å²) in [4.78, 5) is 23.8. The summed E-state index contributed by atoms with van der Waals surface area (Å²) in [6.07, 6.45) is 2.38. The molecule has 1 aliphatic rings. The summed E-state index contributed by atoms with van der Waals surface area (Å²) in [5.41, 5.74) is 5.11. The molecule has 0 spiro atoms. The number of amides is 2. The zero-order chi connectivity index (χ0) is 15.5. The van der Waals surface area contributed by atoms with Crippen LogP contribution < -0.4 is 25.1 Å². The van der Waals surface area contributed by atoms with E-state index in [4.69, 9.17) is 9.47 Å². The van der Waals surface area contributed by atoms with Crippen molar-refractivity contribution in [2.24, 2.45) is 0 Å². The molecule has 8 nitrogen and oxygen atoms in total. The number of rotatable bonds is 2. The van der Waals surface area contributed by atoms with Gasteiger partial charge in [0.15, 0.2) is 23.9 Å². The minimum absolute atomic E-state index is 0.116. The second-order valence-corrected chi connectivity index (χ2v) is 4.42. The number of hydrogen-bond acceptors (Lipinski definition) is 5. The van der Waals surface area contributed by atoms with Crippen LogP contribution in [0.25, 0.3) is 0 Å². The fourth-order valence-electron chi connectivity index (χ4n) is 1.86. The van der Waals surface area contributed by atoms with Crippen LogP contribution in [0.15, 0.2) is 42.7 Å². The Balaban J connectivity index is 1.62. The lowest BCUT2D eigenvalue weighted by molar-refractivity contribution is -0.605. The number of pyridine rings is 1. The number of hydrazine groups is 1. The van der Waals surface area contributed by atoms with Crippen molar-refractivity contribution in [1.82, 2.24) is 10.9 Å². The summed E-state index contributed by atoms with van der Waals surface area (Å²) in [6.45, 7) is 0.116. The van der Waals surface area contributed by atoms with Gasteiger partial charge in [0, 0.05) is 17.7 Å². The predicted octanol–water partition coefficient (Wildman–Crippen LogP) is 0.123. The van der Waals surface area contributed by atoms with E-state index in [1.165, 1.54) is 30.6 Å². The Morgan fingerprint density at radius 2 is 1.59 bits per heavy atom. The van der Waals surface area contributed by atoms with Gasteiger partial charge in [0.1, 0.15) is 0 Å². The van der Waals surface area contributed by atoms with Crippen LogP contribution >= 0.6 is 0 Å². The summed E-state index contributed by atoms with van der Waals surface area (Å²) in [7, 11) is 0. The highest BCUT2D eigenvalue weighted by molar-refractivity contribution is 5.99. The molecule has 1 aromatic heterocycles. The first kappa shape index (κ1) is 13.7. The Hall–Kier alpha value is -3.29. The monoisotopic (exact) mass is 301 g/mol. The third-order valence-electron chi connectivity index (χ3n) is 2.99. The van der Waals surface area contributed by atoms with E-state index in [0.29, 0.717) is 21.8 Å². The minimum Gasteiger partial charge on any atom is -0.619 e. The molecule has 2 heterocycles. The number of ether oxygens (including phenoxy) is 2. The first-order valence-corrected chi connectivity index (χ1v) is 6.32. The minimum atomic E-state index is -0.533. The van der Waals surface area contributed by atoms with Crippen molar-refractivity contribution in [2.45, 2.75) is 0 Å². The maximum absolute atomic E-state index is 12.0. The molecule has 0 atom stereocenters. The molecule has 0 bridgehead atoms. The van der Waals surface area contributed by atoms with Gasteiger partial charge in [-0.15, -0.1) is 0 Å². The largest absolute Gasteiger partial charge is 0.619 e. The smallest absolute Gasteiger partial charge is 0.270 e. The number of nitrogens with one attached hydrogen (secondary N) is 2. The molecule has 0 saturated heterocycles. The standard InChI is InChI=1S/C14H11N3O5/c18-13(9-3-5-17(20)6-4-9)15-16-14(19)10-1-2-11-12(7-10)22-8-21-11/h1-7H,8H2,(H,15,18)(H,16,19). The van der Waals surface area contributed by atoms with Crippen LogP contribution in [0.3, 0.4) is 0 Å². The van der Waals surface area contributed by atoms with Gasteiger partial charge >= 0.3 is 0 Å². The van der Waals surface area contributed by atoms with Crippen molar-refractivity contribution >= 4 is 11.8 Å². The van der Waals surface area contributed by atoms with E-state index in [2.05, 4.69) is 10.9 Å². The van der Waals surface area contributed by atoms with Gasteiger partial charge in [-0.2, -0.15) is 4.73 Å². The first-order chi connectivity index (χ1) is 10.6. The molecule has 0 aliphatic carbocycles. The molecule has 0 unspecified atom stereocenters. The number of benzene rings is 1. The molecule has 22 heavy (non-hydrogen) atoms. The number of hydrogen-bond donors (Lipinski definition) is 2. The molecule has 2 amide bonds. The van der Waals surface area contributed by atoms with E-state index in [-0.39, 0.29) is 12.4 Å². The zero-order valence-corrected chi connectivity index (χ0v) is 11.2. The van der Waals surface area contributed by atoms with Crippen molar-refractivity contribution < 1.29 is 23.8 Å². The van der Waals surface area contributed by atoms with E-state index >= 15 is 0 Å². The molecule has 0 fully saturated rings. The maximum atomic E-state index is 12.0. The van der Waals surface area contributed by atoms with Gasteiger partial charge in [0.25, 0.3) is 11.8 Å². The Morgan fingerprint density at radius 3 is 2.32 bits per heavy atom. The van der Waals surface area contributed by atoms with E-state index in [0.717, 1.165) is 0 Å². The molecule has 8 heteroatoms. The fourth-order valence-corrected chi connectivity index (χ4v) is 1.86. The van der Waals surface area contributed by atoms with Crippen LogP contribution in [0.4, 0.5) is 0 Å². The van der Waals surface area contributed by atoms with Gasteiger partial charge in [-0.1, -0.05) is 0 Å². The molecular formula is C14H11N3O5. The third kappa shape index (κ3) is 2.75. The molecule has 0 radical (unpaired) electrons. The fraction of sp³-hybridized carbons (Fsp3) is 0.0714. The van der Waals surface area contributed by atoms with Crippen LogP contribution in [0.2, 0.25) is 0 Å². The van der Waals surface area contributed by atoms with Gasteiger partial charge in [-0.25, -0.2) is 0 Å². The number of nitrogens with zero attached hydrogens (tertiary/aromatic N) is 1. The van der Waals surface area contributed by atoms with E-state index in [9.17, 15) is 14.8 Å². The summed E-state index contributed by atoms with van der Waals surface area (Å²) < 4.78 is 10.9. The molecule has 3 rings (SSSR count). The highest BCUT2D eigenvalue weighted by Crippen LogP contribution is 2.32. The van der Waals surface area contributed by atoms with Crippen LogP contribution in [-0.2, 0) is 0 Å². The second-order valence-electron chi connectivity index (χ2n) is 4.42. The molecule has 2 N–H and O–H groups in total. The lowest BCUT2D eigenvalue weighted by atomic mass is 10.2. The van der Waals surface area contributed by atoms with Crippen molar-refractivity contribution in [3.8, 4) is 11.5 Å². The van der Waals surface area contributed by atoms with Crippen LogP contribution in [-0.4, -0.2) is 18.6 Å². The van der Waals surface area contributed by atoms with Gasteiger partial charge in [-0.3, -0.25) is 20.4 Å². The van der Waals surface area contributed by atoms with Crippen molar-refractivity contribution in [1.29, 1.82) is 0 Å². The van der Waals surface area contributed by atoms with Crippen LogP contribution in [0.5, 0.6) is 11.5 Å². The second kappa shape index (κ2) is 5.60. The van der Waals surface area contributed by atoms with Crippen molar-refractivity contribution in [3.63, 3.8) is 0 Å². The van der Waals surface area contributed by atoms with Crippen LogP contribution in [0, 0.1) is 5.21 Å². The molecule has 1 aliphatic heterocycles. The predicted molar refractivity (Wildman–Crippen MR) is 72.9 cm³/mol. The van der Waals surface area contributed by atoms with E-state index in [1.54, 1.807) is 12.1 Å². The average molecular weight is 301 g/mol. The summed E-state index contributed by atoms with van der Waals surface area (Å²) in [5.74, 6) is 0.00832. The lowest BCUT2D eigenvalue weighted by Gasteiger charge is -2.07. The molecule has 0 saturated carbocycles. The average Bonchev–Trinajstić information content (AvgIpc) is 3.00. The van der Waals surface area contributed by atoms with Crippen molar-refractivity contribution in [3.05, 3.63) is 59.1 Å². The van der Waals surface area contributed by atoms with Gasteiger partial charge in [0.05, 0.1) is 5.56 Å². The highest BCUT2D eigenvalue weighted by Gasteiger charge is 2.16. The van der Waals surface area contributed by atoms with Crippen molar-refractivity contribution in [2.75, 3.05) is 6.79 Å². The van der Waals surface area contributed by atoms with Gasteiger partial charge in [-0.05, 0) is 18.2 Å². The number of fused-ring (bicyclic) bond motifs is 1. The van der Waals surface area contributed by atoms with Gasteiger partial charge < -0.3 is 14.7 Å². The Bertz CT molecular complexity index is 730. The Kier molecular flexibility index (Phi) is 3.48. The molecule has 2 aromatic rings. The van der Waals surface area contributed by atoms with Crippen LogP contribution in [0.1, 0.15) is 20.7 Å². The maximum Gasteiger partial charge on any atom is 0.270 e. The number of aromatic nitrogens is 1. The molecular weight excluding hydrogens is 290 g/mol. The van der Waals surface area contributed by atoms with E-state index in [1.807, 2.05) is 0 Å². The lowest BCUT2D eigenvalue weighted by Crippen LogP contribution is -2.41. The quantitative estimate of drug-likeness (QED) is 0.466. The topological polar surface area (TPSA) is 104 Å². The third-order valence-corrected chi connectivity index (χ3v) is 2.99. The highest BCUT2D eigenvalue weighted by atomic mass is 16.7. The zero-order valence-electron chi connectivity index (χ0n) is 11.2. The SMILES string of the molecule is O=C(NNC(=O)c1ccc2c(c1)OCO2)c1cc[n+]([O-])cc1. The van der Waals surface area contributed by atoms with E-state index < -0.39 is 11.8 Å². The Morgan fingerprint density at radius 1 is 0.955 bits per heavy atom. The number of carbonyl (C=O) groups is 2. The molecule has 112 valence electrons. The summed E-state index contributed by atoms with van der Waals surface area (Å²) in [6, 6.07) is 7.37. The summed E-state index contributed by atoms with van der Waals surface area (Å²) >= 11 is 0.